The molecule has 0 amide bonds. The van der Waals surface area contributed by atoms with Crippen molar-refractivity contribution in [1.82, 2.24) is 9.19 Å². The summed E-state index contributed by atoms with van der Waals surface area (Å²) in [4.78, 5) is 0.312. The predicted octanol–water partition coefficient (Wildman–Crippen LogP) is 3.31. The van der Waals surface area contributed by atoms with Gasteiger partial charge < -0.3 is 0 Å². The van der Waals surface area contributed by atoms with Gasteiger partial charge >= 0.3 is 0 Å². The Morgan fingerprint density at radius 2 is 2.00 bits per heavy atom. The van der Waals surface area contributed by atoms with Crippen LogP contribution in [0.5, 0.6) is 0 Å². The molecule has 0 aliphatic carbocycles. The van der Waals surface area contributed by atoms with Crippen molar-refractivity contribution in [3.63, 3.8) is 0 Å². The zero-order chi connectivity index (χ0) is 14.2. The van der Waals surface area contributed by atoms with Gasteiger partial charge in [0.1, 0.15) is 0 Å². The normalized spacial score (nSPS) is 12.1. The van der Waals surface area contributed by atoms with Gasteiger partial charge in [-0.3, -0.25) is 0 Å². The maximum Gasteiger partial charge on any atom is 0.283 e. The Balaban J connectivity index is 2.72. The van der Waals surface area contributed by atoms with Gasteiger partial charge in [0.05, 0.1) is 11.1 Å². The highest BCUT2D eigenvalue weighted by Gasteiger charge is 2.23. The van der Waals surface area contributed by atoms with Gasteiger partial charge in [-0.05, 0) is 42.2 Å². The van der Waals surface area contributed by atoms with Crippen LogP contribution in [0.2, 0.25) is 0 Å². The molecule has 0 aliphatic heterocycles. The van der Waals surface area contributed by atoms with Gasteiger partial charge in [0.25, 0.3) is 10.0 Å². The third kappa shape index (κ3) is 2.60. The number of nitrogens with zero attached hydrogens (tertiary/aromatic N) is 2. The number of rotatable bonds is 3. The molecular weight excluding hydrogens is 328 g/mol. The molecule has 0 radical (unpaired) electrons. The van der Waals surface area contributed by atoms with E-state index in [2.05, 4.69) is 21.0 Å². The van der Waals surface area contributed by atoms with E-state index in [0.717, 1.165) is 19.7 Å². The van der Waals surface area contributed by atoms with Crippen molar-refractivity contribution in [2.45, 2.75) is 31.6 Å². The number of aromatic nitrogens is 2. The van der Waals surface area contributed by atoms with E-state index >= 15 is 0 Å². The summed E-state index contributed by atoms with van der Waals surface area (Å²) in [6.07, 6.45) is 2.90. The average Bonchev–Trinajstić information content (AvgIpc) is 2.85. The Morgan fingerprint density at radius 1 is 1.32 bits per heavy atom. The fourth-order valence-corrected chi connectivity index (χ4v) is 3.73. The van der Waals surface area contributed by atoms with Crippen LogP contribution in [0.4, 0.5) is 0 Å². The highest BCUT2D eigenvalue weighted by atomic mass is 79.9. The van der Waals surface area contributed by atoms with E-state index < -0.39 is 10.0 Å². The molecule has 1 aromatic carbocycles. The Morgan fingerprint density at radius 3 is 2.53 bits per heavy atom. The third-order valence-corrected chi connectivity index (χ3v) is 5.39. The van der Waals surface area contributed by atoms with Crippen LogP contribution < -0.4 is 0 Å². The lowest BCUT2D eigenvalue weighted by Crippen LogP contribution is -2.16. The Hall–Kier alpha value is -1.14. The third-order valence-electron chi connectivity index (χ3n) is 2.92. The minimum atomic E-state index is -3.63. The van der Waals surface area contributed by atoms with Crippen molar-refractivity contribution in [3.8, 4) is 0 Å². The van der Waals surface area contributed by atoms with E-state index in [4.69, 9.17) is 0 Å². The molecule has 2 rings (SSSR count). The summed E-state index contributed by atoms with van der Waals surface area (Å²) in [5.41, 5.74) is 1.67. The first-order chi connectivity index (χ1) is 8.84. The minimum Gasteiger partial charge on any atom is -0.199 e. The van der Waals surface area contributed by atoms with Crippen molar-refractivity contribution >= 4 is 26.0 Å². The van der Waals surface area contributed by atoms with Gasteiger partial charge in [-0.2, -0.15) is 17.6 Å². The lowest BCUT2D eigenvalue weighted by Gasteiger charge is -2.15. The molecule has 0 saturated carbocycles. The molecule has 0 fully saturated rings. The summed E-state index contributed by atoms with van der Waals surface area (Å²) >= 11 is 3.45. The van der Waals surface area contributed by atoms with Crippen molar-refractivity contribution in [1.29, 1.82) is 0 Å². The zero-order valence-electron chi connectivity index (χ0n) is 11.0. The first-order valence-corrected chi connectivity index (χ1v) is 8.12. The predicted molar refractivity (Wildman–Crippen MR) is 77.8 cm³/mol. The van der Waals surface area contributed by atoms with Crippen molar-refractivity contribution in [3.05, 3.63) is 46.2 Å². The largest absolute Gasteiger partial charge is 0.283 e. The highest BCUT2D eigenvalue weighted by Crippen LogP contribution is 2.30. The monoisotopic (exact) mass is 342 g/mol. The van der Waals surface area contributed by atoms with Gasteiger partial charge in [-0.25, -0.2) is 0 Å². The van der Waals surface area contributed by atoms with Gasteiger partial charge in [-0.15, -0.1) is 0 Å². The standard InChI is InChI=1S/C13H15BrN2O2S/c1-9(2)11-8-12(14)10(3)7-13(11)19(17,18)16-6-4-5-15-16/h4-9H,1-3H3. The van der Waals surface area contributed by atoms with E-state index in [9.17, 15) is 8.42 Å². The topological polar surface area (TPSA) is 52.0 Å². The first kappa shape index (κ1) is 14.3. The van der Waals surface area contributed by atoms with Crippen molar-refractivity contribution < 1.29 is 8.42 Å². The summed E-state index contributed by atoms with van der Waals surface area (Å²) in [5, 5.41) is 3.83. The minimum absolute atomic E-state index is 0.109. The molecule has 102 valence electrons. The SMILES string of the molecule is Cc1cc(S(=O)(=O)n2cccn2)c(C(C)C)cc1Br. The molecule has 0 bridgehead atoms. The fourth-order valence-electron chi connectivity index (χ4n) is 1.84. The summed E-state index contributed by atoms with van der Waals surface area (Å²) in [7, 11) is -3.63. The molecule has 1 heterocycles. The maximum absolute atomic E-state index is 12.6. The summed E-state index contributed by atoms with van der Waals surface area (Å²) in [6, 6.07) is 5.16. The average molecular weight is 343 g/mol. The lowest BCUT2D eigenvalue weighted by molar-refractivity contribution is 0.577. The van der Waals surface area contributed by atoms with Crippen LogP contribution in [-0.4, -0.2) is 17.6 Å². The maximum atomic E-state index is 12.6. The molecule has 0 N–H and O–H groups in total. The van der Waals surface area contributed by atoms with Crippen LogP contribution in [0.1, 0.15) is 30.9 Å². The molecule has 2 aromatic rings. The number of hydrogen-bond acceptors (Lipinski definition) is 3. The van der Waals surface area contributed by atoms with Crippen LogP contribution in [0.25, 0.3) is 0 Å². The van der Waals surface area contributed by atoms with E-state index in [0.29, 0.717) is 4.90 Å². The molecule has 6 heteroatoms. The Labute approximate surface area is 121 Å². The van der Waals surface area contributed by atoms with Gasteiger partial charge in [-0.1, -0.05) is 29.8 Å². The van der Waals surface area contributed by atoms with Crippen LogP contribution in [0.3, 0.4) is 0 Å². The van der Waals surface area contributed by atoms with E-state index in [1.165, 1.54) is 12.4 Å². The molecule has 1 aromatic heterocycles. The second-order valence-corrected chi connectivity index (χ2v) is 7.30. The Bertz CT molecular complexity index is 692. The molecule has 0 saturated heterocycles. The highest BCUT2D eigenvalue weighted by molar-refractivity contribution is 9.10. The molecule has 0 spiro atoms. The van der Waals surface area contributed by atoms with E-state index in [1.807, 2.05) is 26.8 Å². The van der Waals surface area contributed by atoms with E-state index in [1.54, 1.807) is 12.1 Å². The van der Waals surface area contributed by atoms with Crippen LogP contribution in [0, 0.1) is 6.92 Å². The van der Waals surface area contributed by atoms with Crippen LogP contribution in [0.15, 0.2) is 40.0 Å². The summed E-state index contributed by atoms with van der Waals surface area (Å²) < 4.78 is 27.1. The van der Waals surface area contributed by atoms with Crippen molar-refractivity contribution in [2.75, 3.05) is 0 Å². The number of aryl methyl sites for hydroxylation is 1. The first-order valence-electron chi connectivity index (χ1n) is 5.89. The Kier molecular flexibility index (Phi) is 3.82. The van der Waals surface area contributed by atoms with Gasteiger partial charge in [0.15, 0.2) is 0 Å². The second kappa shape index (κ2) is 5.09. The second-order valence-electron chi connectivity index (χ2n) is 4.68. The smallest absolute Gasteiger partial charge is 0.199 e. The lowest BCUT2D eigenvalue weighted by atomic mass is 10.0. The fraction of sp³-hybridized carbons (Fsp3) is 0.308. The van der Waals surface area contributed by atoms with Gasteiger partial charge in [0.2, 0.25) is 0 Å². The molecule has 0 atom stereocenters. The molecule has 0 unspecified atom stereocenters. The van der Waals surface area contributed by atoms with Crippen molar-refractivity contribution in [2.24, 2.45) is 0 Å². The number of halogens is 1. The van der Waals surface area contributed by atoms with E-state index in [-0.39, 0.29) is 5.92 Å². The number of hydrogen-bond donors (Lipinski definition) is 0. The number of benzene rings is 1. The summed E-state index contributed by atoms with van der Waals surface area (Å²) in [5.74, 6) is 0.109. The zero-order valence-corrected chi connectivity index (χ0v) is 13.4. The quantitative estimate of drug-likeness (QED) is 0.859. The molecule has 19 heavy (non-hydrogen) atoms. The van der Waals surface area contributed by atoms with Crippen LogP contribution in [-0.2, 0) is 10.0 Å². The molecular formula is C13H15BrN2O2S. The molecule has 4 nitrogen and oxygen atoms in total. The molecule has 0 aliphatic rings. The summed E-state index contributed by atoms with van der Waals surface area (Å²) in [6.45, 7) is 5.81. The van der Waals surface area contributed by atoms with Gasteiger partial charge in [0, 0.05) is 10.7 Å². The van der Waals surface area contributed by atoms with Crippen LogP contribution >= 0.6 is 15.9 Å².